The molecular weight excluding hydrogens is 252 g/mol. The van der Waals surface area contributed by atoms with Gasteiger partial charge in [-0.05, 0) is 32.1 Å². The van der Waals surface area contributed by atoms with Crippen LogP contribution in [0.3, 0.4) is 0 Å². The van der Waals surface area contributed by atoms with E-state index in [9.17, 15) is 4.79 Å². The first kappa shape index (κ1) is 13.6. The summed E-state index contributed by atoms with van der Waals surface area (Å²) in [6.45, 7) is 2.89. The van der Waals surface area contributed by atoms with Crippen molar-refractivity contribution in [2.75, 3.05) is 6.54 Å². The van der Waals surface area contributed by atoms with Crippen LogP contribution >= 0.6 is 0 Å². The van der Waals surface area contributed by atoms with E-state index in [1.165, 1.54) is 12.8 Å². The van der Waals surface area contributed by atoms with Gasteiger partial charge in [-0.2, -0.15) is 0 Å². The molecule has 0 radical (unpaired) electrons. The molecule has 0 bridgehead atoms. The summed E-state index contributed by atoms with van der Waals surface area (Å²) in [4.78, 5) is 18.7. The minimum Gasteiger partial charge on any atom is -0.333 e. The molecule has 1 saturated carbocycles. The number of likely N-dealkylation sites (tertiary alicyclic amines) is 1. The maximum atomic E-state index is 12.4. The van der Waals surface area contributed by atoms with Crippen molar-refractivity contribution in [1.82, 2.24) is 14.5 Å². The molecule has 110 valence electrons. The summed E-state index contributed by atoms with van der Waals surface area (Å²) >= 11 is 0. The molecule has 1 aromatic rings. The number of rotatable bonds is 4. The highest BCUT2D eigenvalue weighted by molar-refractivity contribution is 5.77. The number of nitrogens with two attached hydrogens (primary N) is 1. The lowest BCUT2D eigenvalue weighted by atomic mass is 10.0. The van der Waals surface area contributed by atoms with E-state index < -0.39 is 0 Å². The average Bonchev–Trinajstić information content (AvgIpc) is 3.18. The zero-order chi connectivity index (χ0) is 14.1. The van der Waals surface area contributed by atoms with Gasteiger partial charge in [0.15, 0.2) is 0 Å². The monoisotopic (exact) mass is 276 g/mol. The van der Waals surface area contributed by atoms with Crippen molar-refractivity contribution >= 4 is 5.91 Å². The Bertz CT molecular complexity index is 480. The van der Waals surface area contributed by atoms with Gasteiger partial charge in [-0.1, -0.05) is 6.92 Å². The van der Waals surface area contributed by atoms with Crippen molar-refractivity contribution < 1.29 is 4.79 Å². The number of amides is 1. The van der Waals surface area contributed by atoms with Crippen LogP contribution in [-0.2, 0) is 4.79 Å². The van der Waals surface area contributed by atoms with Crippen LogP contribution in [-0.4, -0.2) is 32.9 Å². The first-order valence-electron chi connectivity index (χ1n) is 7.79. The Morgan fingerprint density at radius 3 is 2.90 bits per heavy atom. The van der Waals surface area contributed by atoms with Crippen molar-refractivity contribution in [1.29, 1.82) is 0 Å². The van der Waals surface area contributed by atoms with Gasteiger partial charge in [0.25, 0.3) is 0 Å². The Labute approximate surface area is 120 Å². The summed E-state index contributed by atoms with van der Waals surface area (Å²) < 4.78 is 2.24. The van der Waals surface area contributed by atoms with Gasteiger partial charge in [0.2, 0.25) is 5.91 Å². The number of hydrogen-bond acceptors (Lipinski definition) is 3. The molecule has 0 aromatic carbocycles. The van der Waals surface area contributed by atoms with E-state index in [0.29, 0.717) is 12.5 Å². The van der Waals surface area contributed by atoms with Gasteiger partial charge in [-0.25, -0.2) is 4.98 Å². The predicted octanol–water partition coefficient (Wildman–Crippen LogP) is 2.01. The summed E-state index contributed by atoms with van der Waals surface area (Å²) in [6, 6.07) is 0.580. The standard InChI is InChI=1S/C15H24N4O/c1-2-8-18-14(20)5-3-4-12(16)15(18)13-9-17-10-19(13)11-6-7-11/h9-12,15H,2-8,16H2,1H3. The summed E-state index contributed by atoms with van der Waals surface area (Å²) in [5.74, 6) is 0.244. The van der Waals surface area contributed by atoms with Crippen LogP contribution in [0.25, 0.3) is 0 Å². The molecular formula is C15H24N4O. The minimum atomic E-state index is -0.00644. The molecule has 20 heavy (non-hydrogen) atoms. The lowest BCUT2D eigenvalue weighted by Crippen LogP contribution is -2.43. The van der Waals surface area contributed by atoms with Crippen LogP contribution in [0.1, 0.15) is 63.2 Å². The van der Waals surface area contributed by atoms with E-state index in [1.54, 1.807) is 0 Å². The number of carbonyl (C=O) groups excluding carboxylic acids is 1. The Morgan fingerprint density at radius 2 is 2.20 bits per heavy atom. The van der Waals surface area contributed by atoms with Crippen molar-refractivity contribution in [3.63, 3.8) is 0 Å². The third kappa shape index (κ3) is 2.46. The number of aromatic nitrogens is 2. The SMILES string of the molecule is CCCN1C(=O)CCCC(N)C1c1cncn1C1CC1. The van der Waals surface area contributed by atoms with Crippen LogP contribution in [0.4, 0.5) is 0 Å². The van der Waals surface area contributed by atoms with E-state index in [4.69, 9.17) is 5.73 Å². The molecule has 2 fully saturated rings. The first-order valence-corrected chi connectivity index (χ1v) is 7.79. The molecule has 2 heterocycles. The van der Waals surface area contributed by atoms with Crippen LogP contribution in [0.15, 0.2) is 12.5 Å². The lowest BCUT2D eigenvalue weighted by Gasteiger charge is -2.34. The Morgan fingerprint density at radius 1 is 1.40 bits per heavy atom. The third-order valence-electron chi connectivity index (χ3n) is 4.39. The summed E-state index contributed by atoms with van der Waals surface area (Å²) in [7, 11) is 0. The van der Waals surface area contributed by atoms with Crippen molar-refractivity contribution in [2.45, 2.75) is 63.6 Å². The van der Waals surface area contributed by atoms with Gasteiger partial charge in [-0.15, -0.1) is 0 Å². The second-order valence-electron chi connectivity index (χ2n) is 6.05. The average molecular weight is 276 g/mol. The fourth-order valence-electron chi connectivity index (χ4n) is 3.26. The van der Waals surface area contributed by atoms with Gasteiger partial charge in [0, 0.05) is 25.0 Å². The van der Waals surface area contributed by atoms with Crippen LogP contribution in [0.2, 0.25) is 0 Å². The van der Waals surface area contributed by atoms with E-state index in [1.807, 2.05) is 17.4 Å². The number of nitrogens with zero attached hydrogens (tertiary/aromatic N) is 3. The van der Waals surface area contributed by atoms with Crippen LogP contribution in [0.5, 0.6) is 0 Å². The second-order valence-corrected chi connectivity index (χ2v) is 6.05. The van der Waals surface area contributed by atoms with Crippen molar-refractivity contribution in [3.8, 4) is 0 Å². The quantitative estimate of drug-likeness (QED) is 0.915. The summed E-state index contributed by atoms with van der Waals surface area (Å²) in [5, 5.41) is 0. The fourth-order valence-corrected chi connectivity index (χ4v) is 3.26. The van der Waals surface area contributed by atoms with Crippen molar-refractivity contribution in [3.05, 3.63) is 18.2 Å². The second kappa shape index (κ2) is 5.56. The predicted molar refractivity (Wildman–Crippen MR) is 77.1 cm³/mol. The highest BCUT2D eigenvalue weighted by Crippen LogP contribution is 2.39. The highest BCUT2D eigenvalue weighted by atomic mass is 16.2. The molecule has 3 rings (SSSR count). The topological polar surface area (TPSA) is 64.2 Å². The van der Waals surface area contributed by atoms with Crippen LogP contribution in [0, 0.1) is 0 Å². The molecule has 1 aliphatic carbocycles. The van der Waals surface area contributed by atoms with Gasteiger partial charge in [-0.3, -0.25) is 4.79 Å². The molecule has 2 N–H and O–H groups in total. The molecule has 5 heteroatoms. The van der Waals surface area contributed by atoms with E-state index >= 15 is 0 Å². The normalized spacial score (nSPS) is 27.7. The number of hydrogen-bond donors (Lipinski definition) is 1. The summed E-state index contributed by atoms with van der Waals surface area (Å²) in [5.41, 5.74) is 7.54. The Kier molecular flexibility index (Phi) is 3.78. The van der Waals surface area contributed by atoms with Gasteiger partial charge < -0.3 is 15.2 Å². The molecule has 1 aromatic heterocycles. The van der Waals surface area contributed by atoms with Crippen molar-refractivity contribution in [2.24, 2.45) is 5.73 Å². The fraction of sp³-hybridized carbons (Fsp3) is 0.733. The van der Waals surface area contributed by atoms with Gasteiger partial charge in [0.05, 0.1) is 24.3 Å². The zero-order valence-electron chi connectivity index (χ0n) is 12.2. The molecule has 0 spiro atoms. The molecule has 5 nitrogen and oxygen atoms in total. The number of carbonyl (C=O) groups is 1. The molecule has 2 aliphatic rings. The Balaban J connectivity index is 1.95. The van der Waals surface area contributed by atoms with E-state index in [0.717, 1.165) is 31.5 Å². The zero-order valence-corrected chi connectivity index (χ0v) is 12.2. The van der Waals surface area contributed by atoms with E-state index in [2.05, 4.69) is 16.5 Å². The van der Waals surface area contributed by atoms with E-state index in [-0.39, 0.29) is 18.0 Å². The highest BCUT2D eigenvalue weighted by Gasteiger charge is 2.36. The first-order chi connectivity index (χ1) is 9.72. The van der Waals surface area contributed by atoms with Gasteiger partial charge >= 0.3 is 0 Å². The Hall–Kier alpha value is -1.36. The van der Waals surface area contributed by atoms with Crippen LogP contribution < -0.4 is 5.73 Å². The molecule has 1 saturated heterocycles. The maximum Gasteiger partial charge on any atom is 0.223 e. The molecule has 2 unspecified atom stereocenters. The minimum absolute atomic E-state index is 0.00644. The largest absolute Gasteiger partial charge is 0.333 e. The maximum absolute atomic E-state index is 12.4. The molecule has 1 aliphatic heterocycles. The molecule has 2 atom stereocenters. The molecule has 1 amide bonds. The summed E-state index contributed by atoms with van der Waals surface area (Å²) in [6.07, 6.45) is 9.64. The lowest BCUT2D eigenvalue weighted by molar-refractivity contribution is -0.133. The smallest absolute Gasteiger partial charge is 0.223 e. The number of imidazole rings is 1. The third-order valence-corrected chi connectivity index (χ3v) is 4.39. The van der Waals surface area contributed by atoms with Gasteiger partial charge in [0.1, 0.15) is 0 Å².